The number of hydrogen-bond acceptors (Lipinski definition) is 1. The standard InChI is InChI=1S/C10H15Br2N/c1-3-7(2)13-5-4-8-9(6-13)10(8,11)12/h3,7-9H,1,4-6H2,2H3. The van der Waals surface area contributed by atoms with Gasteiger partial charge in [-0.1, -0.05) is 37.9 Å². The SMILES string of the molecule is C=CC(C)N1CCC2C(C1)C2(Br)Br. The van der Waals surface area contributed by atoms with Crippen LogP contribution < -0.4 is 0 Å². The van der Waals surface area contributed by atoms with Crippen molar-refractivity contribution in [1.82, 2.24) is 4.90 Å². The molecule has 1 nitrogen and oxygen atoms in total. The lowest BCUT2D eigenvalue weighted by atomic mass is 10.1. The minimum absolute atomic E-state index is 0.260. The van der Waals surface area contributed by atoms with E-state index in [9.17, 15) is 0 Å². The summed E-state index contributed by atoms with van der Waals surface area (Å²) >= 11 is 7.48. The van der Waals surface area contributed by atoms with Crippen molar-refractivity contribution in [3.05, 3.63) is 12.7 Å². The average molecular weight is 309 g/mol. The molecule has 2 fully saturated rings. The molecular weight excluding hydrogens is 294 g/mol. The van der Waals surface area contributed by atoms with Crippen molar-refractivity contribution in [2.45, 2.75) is 22.6 Å². The van der Waals surface area contributed by atoms with Gasteiger partial charge in [-0.15, -0.1) is 6.58 Å². The van der Waals surface area contributed by atoms with Crippen LogP contribution >= 0.6 is 31.9 Å². The summed E-state index contributed by atoms with van der Waals surface area (Å²) in [7, 11) is 0. The second-order valence-corrected chi connectivity index (χ2v) is 7.84. The average Bonchev–Trinajstić information content (AvgIpc) is 2.68. The van der Waals surface area contributed by atoms with Crippen LogP contribution in [0.1, 0.15) is 13.3 Å². The Labute approximate surface area is 96.8 Å². The predicted molar refractivity (Wildman–Crippen MR) is 63.4 cm³/mol. The summed E-state index contributed by atoms with van der Waals surface area (Å²) < 4.78 is 0.260. The van der Waals surface area contributed by atoms with Crippen LogP contribution in [-0.2, 0) is 0 Å². The Morgan fingerprint density at radius 3 is 2.77 bits per heavy atom. The van der Waals surface area contributed by atoms with E-state index in [1.165, 1.54) is 19.5 Å². The minimum Gasteiger partial charge on any atom is -0.297 e. The van der Waals surface area contributed by atoms with Gasteiger partial charge in [0.25, 0.3) is 0 Å². The lowest BCUT2D eigenvalue weighted by Crippen LogP contribution is -2.37. The molecule has 0 radical (unpaired) electrons. The van der Waals surface area contributed by atoms with Gasteiger partial charge in [0, 0.05) is 18.5 Å². The zero-order valence-corrected chi connectivity index (χ0v) is 11.0. The molecule has 2 rings (SSSR count). The van der Waals surface area contributed by atoms with Crippen LogP contribution in [-0.4, -0.2) is 27.3 Å². The normalized spacial score (nSPS) is 39.3. The summed E-state index contributed by atoms with van der Waals surface area (Å²) in [4.78, 5) is 2.51. The molecule has 1 aliphatic carbocycles. The molecule has 3 atom stereocenters. The Morgan fingerprint density at radius 1 is 1.54 bits per heavy atom. The molecule has 13 heavy (non-hydrogen) atoms. The Kier molecular flexibility index (Phi) is 2.63. The summed E-state index contributed by atoms with van der Waals surface area (Å²) in [6, 6.07) is 0.525. The van der Waals surface area contributed by atoms with Gasteiger partial charge < -0.3 is 0 Å². The fraction of sp³-hybridized carbons (Fsp3) is 0.800. The highest BCUT2D eigenvalue weighted by Crippen LogP contribution is 2.65. The summed E-state index contributed by atoms with van der Waals surface area (Å²) in [6.45, 7) is 8.49. The third-order valence-corrected chi connectivity index (χ3v) is 5.79. The van der Waals surface area contributed by atoms with E-state index in [0.29, 0.717) is 6.04 Å². The number of hydrogen-bond donors (Lipinski definition) is 0. The van der Waals surface area contributed by atoms with Gasteiger partial charge in [0.15, 0.2) is 0 Å². The first-order chi connectivity index (χ1) is 6.07. The van der Waals surface area contributed by atoms with Gasteiger partial charge in [0.05, 0.1) is 3.23 Å². The number of alkyl halides is 2. The van der Waals surface area contributed by atoms with Crippen LogP contribution in [0, 0.1) is 11.8 Å². The van der Waals surface area contributed by atoms with E-state index in [1.54, 1.807) is 0 Å². The highest BCUT2D eigenvalue weighted by atomic mass is 79.9. The van der Waals surface area contributed by atoms with Gasteiger partial charge >= 0.3 is 0 Å². The Balaban J connectivity index is 1.96. The van der Waals surface area contributed by atoms with E-state index in [2.05, 4.69) is 50.3 Å². The van der Waals surface area contributed by atoms with E-state index in [-0.39, 0.29) is 3.23 Å². The molecule has 0 aromatic carbocycles. The van der Waals surface area contributed by atoms with Crippen molar-refractivity contribution in [3.63, 3.8) is 0 Å². The molecule has 3 unspecified atom stereocenters. The number of nitrogens with zero attached hydrogens (tertiary/aromatic N) is 1. The van der Waals surface area contributed by atoms with Crippen molar-refractivity contribution in [2.75, 3.05) is 13.1 Å². The zero-order valence-electron chi connectivity index (χ0n) is 7.84. The largest absolute Gasteiger partial charge is 0.297 e. The van der Waals surface area contributed by atoms with Crippen LogP contribution in [0.15, 0.2) is 12.7 Å². The molecule has 1 saturated carbocycles. The van der Waals surface area contributed by atoms with E-state index in [0.717, 1.165) is 11.8 Å². The molecule has 0 N–H and O–H groups in total. The maximum Gasteiger partial charge on any atom is 0.0881 e. The quantitative estimate of drug-likeness (QED) is 0.560. The Hall–Kier alpha value is 0.660. The Morgan fingerprint density at radius 2 is 2.23 bits per heavy atom. The van der Waals surface area contributed by atoms with Gasteiger partial charge in [0.2, 0.25) is 0 Å². The number of piperidine rings is 1. The van der Waals surface area contributed by atoms with Crippen LogP contribution in [0.4, 0.5) is 0 Å². The number of halogens is 2. The molecule has 74 valence electrons. The second kappa shape index (κ2) is 3.35. The van der Waals surface area contributed by atoms with E-state index in [4.69, 9.17) is 0 Å². The Bertz CT molecular complexity index is 227. The third kappa shape index (κ3) is 1.64. The number of fused-ring (bicyclic) bond motifs is 1. The lowest BCUT2D eigenvalue weighted by molar-refractivity contribution is 0.193. The second-order valence-electron chi connectivity index (χ2n) is 4.15. The number of rotatable bonds is 2. The summed E-state index contributed by atoms with van der Waals surface area (Å²) in [5.74, 6) is 1.64. The highest BCUT2D eigenvalue weighted by Gasteiger charge is 2.63. The first-order valence-electron chi connectivity index (χ1n) is 4.81. The predicted octanol–water partition coefficient (Wildman–Crippen LogP) is 3.00. The monoisotopic (exact) mass is 307 g/mol. The molecule has 1 aliphatic heterocycles. The van der Waals surface area contributed by atoms with Crippen molar-refractivity contribution >= 4 is 31.9 Å². The van der Waals surface area contributed by atoms with E-state index in [1.807, 2.05) is 6.08 Å². The smallest absolute Gasteiger partial charge is 0.0881 e. The maximum absolute atomic E-state index is 3.85. The molecule has 0 bridgehead atoms. The van der Waals surface area contributed by atoms with Crippen molar-refractivity contribution < 1.29 is 0 Å². The number of likely N-dealkylation sites (tertiary alicyclic amines) is 1. The molecule has 0 spiro atoms. The lowest BCUT2D eigenvalue weighted by Gasteiger charge is -2.29. The van der Waals surface area contributed by atoms with Gasteiger partial charge in [-0.3, -0.25) is 4.90 Å². The summed E-state index contributed by atoms with van der Waals surface area (Å²) in [5.41, 5.74) is 0. The molecule has 1 heterocycles. The summed E-state index contributed by atoms with van der Waals surface area (Å²) in [5, 5.41) is 0. The van der Waals surface area contributed by atoms with Crippen molar-refractivity contribution in [1.29, 1.82) is 0 Å². The van der Waals surface area contributed by atoms with Crippen LogP contribution in [0.2, 0.25) is 0 Å². The maximum atomic E-state index is 3.85. The van der Waals surface area contributed by atoms with Gasteiger partial charge in [-0.2, -0.15) is 0 Å². The topological polar surface area (TPSA) is 3.24 Å². The van der Waals surface area contributed by atoms with Crippen LogP contribution in [0.5, 0.6) is 0 Å². The fourth-order valence-corrected chi connectivity index (χ4v) is 4.03. The fourth-order valence-electron chi connectivity index (χ4n) is 2.27. The summed E-state index contributed by atoms with van der Waals surface area (Å²) in [6.07, 6.45) is 3.34. The van der Waals surface area contributed by atoms with Gasteiger partial charge in [-0.05, 0) is 25.8 Å². The van der Waals surface area contributed by atoms with Gasteiger partial charge in [0.1, 0.15) is 0 Å². The third-order valence-electron chi connectivity index (χ3n) is 3.44. The molecule has 3 heteroatoms. The minimum atomic E-state index is 0.260. The highest BCUT2D eigenvalue weighted by molar-refractivity contribution is 9.25. The first kappa shape index (κ1) is 10.2. The van der Waals surface area contributed by atoms with Crippen LogP contribution in [0.25, 0.3) is 0 Å². The van der Waals surface area contributed by atoms with Crippen molar-refractivity contribution in [2.24, 2.45) is 11.8 Å². The first-order valence-corrected chi connectivity index (χ1v) is 6.40. The molecular formula is C10H15Br2N. The van der Waals surface area contributed by atoms with Gasteiger partial charge in [-0.25, -0.2) is 0 Å². The van der Waals surface area contributed by atoms with Crippen LogP contribution in [0.3, 0.4) is 0 Å². The van der Waals surface area contributed by atoms with E-state index < -0.39 is 0 Å². The van der Waals surface area contributed by atoms with Crippen molar-refractivity contribution in [3.8, 4) is 0 Å². The molecule has 2 aliphatic rings. The molecule has 0 aromatic heterocycles. The van der Waals surface area contributed by atoms with E-state index >= 15 is 0 Å². The molecule has 0 aromatic rings. The molecule has 0 amide bonds. The molecule has 1 saturated heterocycles. The zero-order chi connectivity index (χ0) is 9.64.